The molecule has 0 bridgehead atoms. The van der Waals surface area contributed by atoms with Crippen molar-refractivity contribution in [2.24, 2.45) is 0 Å². The van der Waals surface area contributed by atoms with Crippen LogP contribution < -0.4 is 4.72 Å². The van der Waals surface area contributed by atoms with Crippen molar-refractivity contribution in [1.29, 1.82) is 0 Å². The highest BCUT2D eigenvalue weighted by molar-refractivity contribution is 7.89. The number of H-pyrrole nitrogens is 1. The van der Waals surface area contributed by atoms with Crippen LogP contribution >= 0.6 is 11.6 Å². The SMILES string of the molecule is CCCCC(NS(=O)(=O)c1ccc(Cl)c(-c2nn[nH]n2)c1)C(=O)O. The zero-order chi connectivity index (χ0) is 17.7. The number of unbranched alkanes of at least 4 members (excludes halogenated alkanes) is 1. The minimum Gasteiger partial charge on any atom is -0.480 e. The van der Waals surface area contributed by atoms with Gasteiger partial charge in [0.25, 0.3) is 0 Å². The lowest BCUT2D eigenvalue weighted by Gasteiger charge is -2.15. The zero-order valence-electron chi connectivity index (χ0n) is 12.7. The first-order valence-electron chi connectivity index (χ1n) is 7.13. The highest BCUT2D eigenvalue weighted by Crippen LogP contribution is 2.27. The molecule has 0 aliphatic rings. The fourth-order valence-corrected chi connectivity index (χ4v) is 3.47. The maximum atomic E-state index is 12.5. The van der Waals surface area contributed by atoms with Gasteiger partial charge >= 0.3 is 5.97 Å². The van der Waals surface area contributed by atoms with Gasteiger partial charge in [0.15, 0.2) is 0 Å². The maximum Gasteiger partial charge on any atom is 0.321 e. The molecule has 11 heteroatoms. The molecule has 0 fully saturated rings. The van der Waals surface area contributed by atoms with Gasteiger partial charge in [-0.2, -0.15) is 9.94 Å². The predicted molar refractivity (Wildman–Crippen MR) is 85.9 cm³/mol. The Balaban J connectivity index is 2.32. The van der Waals surface area contributed by atoms with Crippen LogP contribution in [0.4, 0.5) is 0 Å². The third-order valence-corrected chi connectivity index (χ3v) is 5.08. The number of carbonyl (C=O) groups is 1. The Labute approximate surface area is 143 Å². The summed E-state index contributed by atoms with van der Waals surface area (Å²) in [6.45, 7) is 1.89. The quantitative estimate of drug-likeness (QED) is 0.636. The lowest BCUT2D eigenvalue weighted by atomic mass is 10.1. The van der Waals surface area contributed by atoms with Crippen molar-refractivity contribution in [3.8, 4) is 11.4 Å². The molecule has 0 aliphatic heterocycles. The van der Waals surface area contributed by atoms with Gasteiger partial charge in [-0.05, 0) is 29.8 Å². The topological polar surface area (TPSA) is 138 Å². The third-order valence-electron chi connectivity index (χ3n) is 3.28. The number of carboxylic acids is 1. The molecule has 2 aromatic rings. The summed E-state index contributed by atoms with van der Waals surface area (Å²) in [5.74, 6) is -1.09. The lowest BCUT2D eigenvalue weighted by Crippen LogP contribution is -2.40. The van der Waals surface area contributed by atoms with Crippen molar-refractivity contribution in [2.75, 3.05) is 0 Å². The average molecular weight is 374 g/mol. The van der Waals surface area contributed by atoms with E-state index in [0.717, 1.165) is 6.42 Å². The van der Waals surface area contributed by atoms with E-state index in [4.69, 9.17) is 11.6 Å². The van der Waals surface area contributed by atoms with Crippen LogP contribution in [0.15, 0.2) is 23.1 Å². The van der Waals surface area contributed by atoms with E-state index in [1.165, 1.54) is 18.2 Å². The van der Waals surface area contributed by atoms with E-state index >= 15 is 0 Å². The molecule has 3 N–H and O–H groups in total. The fourth-order valence-electron chi connectivity index (χ4n) is 2.02. The Bertz CT molecular complexity index is 810. The van der Waals surface area contributed by atoms with Gasteiger partial charge in [-0.15, -0.1) is 10.2 Å². The molecule has 1 unspecified atom stereocenters. The molecular weight excluding hydrogens is 358 g/mol. The van der Waals surface area contributed by atoms with Crippen molar-refractivity contribution < 1.29 is 18.3 Å². The number of benzene rings is 1. The normalized spacial score (nSPS) is 12.9. The minimum absolute atomic E-state index is 0.130. The summed E-state index contributed by atoms with van der Waals surface area (Å²) in [5, 5.41) is 22.6. The first-order valence-corrected chi connectivity index (χ1v) is 8.99. The number of tetrazole rings is 1. The average Bonchev–Trinajstić information content (AvgIpc) is 3.05. The maximum absolute atomic E-state index is 12.5. The molecule has 1 atom stereocenters. The van der Waals surface area contributed by atoms with Crippen LogP contribution in [0, 0.1) is 0 Å². The number of nitrogens with one attached hydrogen (secondary N) is 2. The Kier molecular flexibility index (Phi) is 5.86. The summed E-state index contributed by atoms with van der Waals surface area (Å²) >= 11 is 6.03. The van der Waals surface area contributed by atoms with Crippen LogP contribution in [0.1, 0.15) is 26.2 Å². The first-order chi connectivity index (χ1) is 11.3. The van der Waals surface area contributed by atoms with E-state index < -0.39 is 22.0 Å². The van der Waals surface area contributed by atoms with Gasteiger partial charge in [-0.3, -0.25) is 4.79 Å². The third kappa shape index (κ3) is 4.28. The monoisotopic (exact) mass is 373 g/mol. The molecule has 2 rings (SSSR count). The highest BCUT2D eigenvalue weighted by Gasteiger charge is 2.26. The summed E-state index contributed by atoms with van der Waals surface area (Å²) in [6.07, 6.45) is 1.55. The zero-order valence-corrected chi connectivity index (χ0v) is 14.3. The number of nitrogens with zero attached hydrogens (tertiary/aromatic N) is 3. The number of aliphatic carboxylic acids is 1. The second-order valence-corrected chi connectivity index (χ2v) is 7.15. The van der Waals surface area contributed by atoms with Crippen molar-refractivity contribution in [3.63, 3.8) is 0 Å². The number of sulfonamides is 1. The van der Waals surface area contributed by atoms with E-state index in [1.54, 1.807) is 0 Å². The van der Waals surface area contributed by atoms with Gasteiger partial charge in [-0.1, -0.05) is 31.4 Å². The largest absolute Gasteiger partial charge is 0.480 e. The summed E-state index contributed by atoms with van der Waals surface area (Å²) in [4.78, 5) is 11.1. The number of halogens is 1. The van der Waals surface area contributed by atoms with Crippen molar-refractivity contribution in [1.82, 2.24) is 25.3 Å². The summed E-state index contributed by atoms with van der Waals surface area (Å²) < 4.78 is 27.1. The van der Waals surface area contributed by atoms with E-state index in [1.807, 2.05) is 6.92 Å². The van der Waals surface area contributed by atoms with Crippen LogP contribution in [-0.4, -0.2) is 46.2 Å². The number of aromatic nitrogens is 4. The number of carboxylic acid groups (broad SMARTS) is 1. The van der Waals surface area contributed by atoms with Crippen LogP contribution in [0.3, 0.4) is 0 Å². The molecule has 1 aromatic carbocycles. The summed E-state index contributed by atoms with van der Waals surface area (Å²) in [6, 6.07) is 2.74. The molecule has 130 valence electrons. The number of hydrogen-bond donors (Lipinski definition) is 3. The first kappa shape index (κ1) is 18.3. The smallest absolute Gasteiger partial charge is 0.321 e. The molecule has 9 nitrogen and oxygen atoms in total. The molecule has 0 saturated carbocycles. The predicted octanol–water partition coefficient (Wildman–Crippen LogP) is 1.44. The van der Waals surface area contributed by atoms with E-state index in [2.05, 4.69) is 25.3 Å². The standard InChI is InChI=1S/C13H16ClN5O4S/c1-2-3-4-11(13(20)21)17-24(22,23)8-5-6-10(14)9(7-8)12-15-18-19-16-12/h5-7,11,17H,2-4H2,1H3,(H,20,21)(H,15,16,18,19). The minimum atomic E-state index is -4.04. The second-order valence-electron chi connectivity index (χ2n) is 5.03. The molecule has 0 radical (unpaired) electrons. The van der Waals surface area contributed by atoms with Crippen LogP contribution in [0.25, 0.3) is 11.4 Å². The van der Waals surface area contributed by atoms with Gasteiger partial charge in [0.05, 0.1) is 9.92 Å². The van der Waals surface area contributed by atoms with E-state index in [9.17, 15) is 18.3 Å². The second kappa shape index (κ2) is 7.69. The Morgan fingerprint density at radius 1 is 1.46 bits per heavy atom. The molecule has 0 aliphatic carbocycles. The Morgan fingerprint density at radius 3 is 2.79 bits per heavy atom. The van der Waals surface area contributed by atoms with Gasteiger partial charge < -0.3 is 5.11 Å². The molecule has 1 heterocycles. The van der Waals surface area contributed by atoms with Gasteiger partial charge in [0, 0.05) is 5.56 Å². The van der Waals surface area contributed by atoms with Crippen molar-refractivity contribution in [3.05, 3.63) is 23.2 Å². The molecule has 0 saturated heterocycles. The van der Waals surface area contributed by atoms with Crippen LogP contribution in [0.5, 0.6) is 0 Å². The van der Waals surface area contributed by atoms with Gasteiger partial charge in [0.2, 0.25) is 15.8 Å². The van der Waals surface area contributed by atoms with Crippen LogP contribution in [0.2, 0.25) is 5.02 Å². The molecule has 0 amide bonds. The Hall–Kier alpha value is -2.04. The number of rotatable bonds is 8. The number of aromatic amines is 1. The molecule has 24 heavy (non-hydrogen) atoms. The summed E-state index contributed by atoms with van der Waals surface area (Å²) in [7, 11) is -4.04. The highest BCUT2D eigenvalue weighted by atomic mass is 35.5. The Morgan fingerprint density at radius 2 is 2.21 bits per heavy atom. The van der Waals surface area contributed by atoms with E-state index in [0.29, 0.717) is 6.42 Å². The van der Waals surface area contributed by atoms with Crippen LogP contribution in [-0.2, 0) is 14.8 Å². The number of hydrogen-bond acceptors (Lipinski definition) is 6. The van der Waals surface area contributed by atoms with Gasteiger partial charge in [-0.25, -0.2) is 8.42 Å². The molecule has 0 spiro atoms. The fraction of sp³-hybridized carbons (Fsp3) is 0.385. The van der Waals surface area contributed by atoms with Crippen molar-refractivity contribution in [2.45, 2.75) is 37.1 Å². The lowest BCUT2D eigenvalue weighted by molar-refractivity contribution is -0.139. The van der Waals surface area contributed by atoms with Gasteiger partial charge in [0.1, 0.15) is 6.04 Å². The summed E-state index contributed by atoms with van der Waals surface area (Å²) in [5.41, 5.74) is 0.272. The van der Waals surface area contributed by atoms with Crippen molar-refractivity contribution >= 4 is 27.6 Å². The van der Waals surface area contributed by atoms with E-state index in [-0.39, 0.29) is 27.7 Å². The molecule has 1 aromatic heterocycles. The molecular formula is C13H16ClN5O4S.